The number of hydrogen-bond acceptors (Lipinski definition) is 5. The van der Waals surface area contributed by atoms with Crippen LogP contribution in [0.2, 0.25) is 0 Å². The van der Waals surface area contributed by atoms with Gasteiger partial charge in [0, 0.05) is 20.0 Å². The lowest BCUT2D eigenvalue weighted by Gasteiger charge is -2.35. The summed E-state index contributed by atoms with van der Waals surface area (Å²) in [5, 5.41) is 1.20. The van der Waals surface area contributed by atoms with Crippen LogP contribution in [0.3, 0.4) is 0 Å². The van der Waals surface area contributed by atoms with Gasteiger partial charge in [0.25, 0.3) is 0 Å². The van der Waals surface area contributed by atoms with Gasteiger partial charge in [-0.1, -0.05) is 13.8 Å². The largest absolute Gasteiger partial charge is 0.396 e. The second-order valence-corrected chi connectivity index (χ2v) is 7.62. The number of nitrogens with zero attached hydrogens (tertiary/aromatic N) is 1. The molecule has 0 aromatic carbocycles. The third-order valence-corrected chi connectivity index (χ3v) is 6.49. The fourth-order valence-corrected chi connectivity index (χ4v) is 4.98. The summed E-state index contributed by atoms with van der Waals surface area (Å²) in [5.74, 6) is 1.66. The van der Waals surface area contributed by atoms with Crippen molar-refractivity contribution in [2.24, 2.45) is 11.8 Å². The molecule has 2 heterocycles. The monoisotopic (exact) mass is 312 g/mol. The van der Waals surface area contributed by atoms with Gasteiger partial charge >= 0.3 is 0 Å². The molecule has 5 heteroatoms. The molecule has 2 N–H and O–H groups in total. The van der Waals surface area contributed by atoms with Crippen LogP contribution in [-0.2, 0) is 0 Å². The second kappa shape index (κ2) is 6.39. The Kier molecular flexibility index (Phi) is 5.02. The topological polar surface area (TPSA) is 46.3 Å². The van der Waals surface area contributed by atoms with E-state index in [1.165, 1.54) is 17.8 Å². The molecule has 1 saturated heterocycles. The van der Waals surface area contributed by atoms with Crippen LogP contribution in [0, 0.1) is 11.8 Å². The molecule has 0 unspecified atom stereocenters. The van der Waals surface area contributed by atoms with Crippen LogP contribution in [0.25, 0.3) is 0 Å². The molecule has 0 bridgehead atoms. The Balaban J connectivity index is 2.21. The number of nitrogens with two attached hydrogens (primary N) is 1. The van der Waals surface area contributed by atoms with Crippen LogP contribution in [0.1, 0.15) is 43.3 Å². The molecule has 1 aromatic heterocycles. The van der Waals surface area contributed by atoms with Crippen molar-refractivity contribution in [2.75, 3.05) is 30.0 Å². The number of rotatable bonds is 4. The van der Waals surface area contributed by atoms with Gasteiger partial charge in [-0.05, 0) is 30.9 Å². The van der Waals surface area contributed by atoms with Crippen molar-refractivity contribution in [1.29, 1.82) is 0 Å². The highest BCUT2D eigenvalue weighted by Crippen LogP contribution is 2.45. The summed E-state index contributed by atoms with van der Waals surface area (Å²) < 4.78 is 0. The van der Waals surface area contributed by atoms with Crippen LogP contribution >= 0.6 is 23.1 Å². The first-order valence-electron chi connectivity index (χ1n) is 7.17. The lowest BCUT2D eigenvalue weighted by molar-refractivity contribution is 0.102. The van der Waals surface area contributed by atoms with Crippen LogP contribution in [0.15, 0.2) is 4.90 Å². The Hall–Kier alpha value is -0.680. The van der Waals surface area contributed by atoms with Crippen molar-refractivity contribution in [1.82, 2.24) is 0 Å². The first-order chi connectivity index (χ1) is 9.45. The molecule has 0 aliphatic carbocycles. The molecule has 2 rings (SSSR count). The van der Waals surface area contributed by atoms with Gasteiger partial charge in [-0.25, -0.2) is 0 Å². The quantitative estimate of drug-likeness (QED) is 0.671. The molecule has 0 amide bonds. The SMILES string of the molecule is CSc1c(N2CCC(C(C)C)CC2)sc(C(C)=O)c1N. The van der Waals surface area contributed by atoms with E-state index in [-0.39, 0.29) is 5.78 Å². The second-order valence-electron chi connectivity index (χ2n) is 5.81. The highest BCUT2D eigenvalue weighted by Gasteiger charge is 2.27. The molecule has 1 fully saturated rings. The molecule has 20 heavy (non-hydrogen) atoms. The van der Waals surface area contributed by atoms with Crippen LogP contribution in [-0.4, -0.2) is 25.1 Å². The van der Waals surface area contributed by atoms with E-state index in [9.17, 15) is 4.79 Å². The molecule has 0 atom stereocenters. The van der Waals surface area contributed by atoms with Gasteiger partial charge in [0.15, 0.2) is 5.78 Å². The van der Waals surface area contributed by atoms with Gasteiger partial charge in [-0.3, -0.25) is 4.79 Å². The molecule has 3 nitrogen and oxygen atoms in total. The number of thioether (sulfide) groups is 1. The van der Waals surface area contributed by atoms with E-state index in [0.717, 1.165) is 34.7 Å². The summed E-state index contributed by atoms with van der Waals surface area (Å²) in [6, 6.07) is 0. The minimum absolute atomic E-state index is 0.0751. The zero-order valence-electron chi connectivity index (χ0n) is 12.7. The molecule has 1 aliphatic rings. The third kappa shape index (κ3) is 2.98. The molecule has 1 aromatic rings. The van der Waals surface area contributed by atoms with Gasteiger partial charge in [-0.2, -0.15) is 0 Å². The minimum atomic E-state index is 0.0751. The van der Waals surface area contributed by atoms with Gasteiger partial charge in [0.1, 0.15) is 5.00 Å². The average molecular weight is 313 g/mol. The molecule has 112 valence electrons. The van der Waals surface area contributed by atoms with Gasteiger partial charge < -0.3 is 10.6 Å². The first kappa shape index (κ1) is 15.7. The molecule has 0 radical (unpaired) electrons. The van der Waals surface area contributed by atoms with E-state index in [1.54, 1.807) is 30.0 Å². The normalized spacial score (nSPS) is 16.9. The smallest absolute Gasteiger partial charge is 0.171 e. The number of thiophene rings is 1. The summed E-state index contributed by atoms with van der Waals surface area (Å²) in [6.45, 7) is 8.37. The Morgan fingerprint density at radius 2 is 2.00 bits per heavy atom. The number of Topliss-reactive ketones (excluding diaryl/α,β-unsaturated/α-hetero) is 1. The predicted octanol–water partition coefficient (Wildman–Crippen LogP) is 4.13. The van der Waals surface area contributed by atoms with E-state index >= 15 is 0 Å². The van der Waals surface area contributed by atoms with Crippen LogP contribution < -0.4 is 10.6 Å². The Morgan fingerprint density at radius 1 is 1.40 bits per heavy atom. The van der Waals surface area contributed by atoms with Crippen molar-refractivity contribution < 1.29 is 4.79 Å². The standard InChI is InChI=1S/C15H24N2OS2/c1-9(2)11-5-7-17(8-6-11)15-14(19-4)12(16)13(20-15)10(3)18/h9,11H,5-8,16H2,1-4H3. The van der Waals surface area contributed by atoms with E-state index < -0.39 is 0 Å². The number of ketones is 1. The highest BCUT2D eigenvalue weighted by molar-refractivity contribution is 7.99. The fraction of sp³-hybridized carbons (Fsp3) is 0.667. The number of anilines is 2. The van der Waals surface area contributed by atoms with Crippen molar-refractivity contribution in [3.05, 3.63) is 4.88 Å². The number of carbonyl (C=O) groups excluding carboxylic acids is 1. The third-order valence-electron chi connectivity index (χ3n) is 4.18. The van der Waals surface area contributed by atoms with E-state index in [1.807, 2.05) is 6.26 Å². The zero-order chi connectivity index (χ0) is 14.9. The first-order valence-corrected chi connectivity index (χ1v) is 9.22. The fourth-order valence-electron chi connectivity index (χ4n) is 2.85. The molecular weight excluding hydrogens is 288 g/mol. The van der Waals surface area contributed by atoms with Crippen molar-refractivity contribution in [2.45, 2.75) is 38.5 Å². The Bertz CT molecular complexity index is 488. The lowest BCUT2D eigenvalue weighted by atomic mass is 9.87. The van der Waals surface area contributed by atoms with Crippen LogP contribution in [0.4, 0.5) is 10.7 Å². The zero-order valence-corrected chi connectivity index (χ0v) is 14.4. The van der Waals surface area contributed by atoms with E-state index in [0.29, 0.717) is 5.69 Å². The van der Waals surface area contributed by atoms with Gasteiger partial charge in [0.05, 0.1) is 15.5 Å². The predicted molar refractivity (Wildman–Crippen MR) is 90.3 cm³/mol. The molecule has 1 aliphatic heterocycles. The summed E-state index contributed by atoms with van der Waals surface area (Å²) in [5.41, 5.74) is 6.82. The van der Waals surface area contributed by atoms with E-state index in [2.05, 4.69) is 18.7 Å². The maximum Gasteiger partial charge on any atom is 0.171 e. The summed E-state index contributed by atoms with van der Waals surface area (Å²) in [6.07, 6.45) is 4.50. The maximum absolute atomic E-state index is 11.7. The summed E-state index contributed by atoms with van der Waals surface area (Å²) in [4.78, 5) is 15.9. The Morgan fingerprint density at radius 3 is 2.45 bits per heavy atom. The number of piperidine rings is 1. The minimum Gasteiger partial charge on any atom is -0.396 e. The molecule has 0 saturated carbocycles. The molecule has 0 spiro atoms. The van der Waals surface area contributed by atoms with Gasteiger partial charge in [-0.15, -0.1) is 23.1 Å². The lowest BCUT2D eigenvalue weighted by Crippen LogP contribution is -2.35. The average Bonchev–Trinajstić information content (AvgIpc) is 2.75. The summed E-state index contributed by atoms with van der Waals surface area (Å²) in [7, 11) is 0. The van der Waals surface area contributed by atoms with Gasteiger partial charge in [0.2, 0.25) is 0 Å². The van der Waals surface area contributed by atoms with E-state index in [4.69, 9.17) is 5.73 Å². The number of hydrogen-bond donors (Lipinski definition) is 1. The maximum atomic E-state index is 11.7. The van der Waals surface area contributed by atoms with Crippen molar-refractivity contribution in [3.63, 3.8) is 0 Å². The number of carbonyl (C=O) groups is 1. The van der Waals surface area contributed by atoms with Crippen molar-refractivity contribution in [3.8, 4) is 0 Å². The molecular formula is C15H24N2OS2. The van der Waals surface area contributed by atoms with Crippen LogP contribution in [0.5, 0.6) is 0 Å². The number of nitrogen functional groups attached to an aromatic ring is 1. The van der Waals surface area contributed by atoms with Crippen molar-refractivity contribution >= 4 is 39.6 Å². The summed E-state index contributed by atoms with van der Waals surface area (Å²) >= 11 is 3.22. The highest BCUT2D eigenvalue weighted by atomic mass is 32.2. The Labute approximate surface area is 129 Å².